The Labute approximate surface area is 153 Å². The first-order valence-electron chi connectivity index (χ1n) is 8.64. The van der Waals surface area contributed by atoms with Crippen LogP contribution in [0.25, 0.3) is 16.8 Å². The van der Waals surface area contributed by atoms with Crippen LogP contribution in [-0.2, 0) is 0 Å². The second kappa shape index (κ2) is 7.14. The van der Waals surface area contributed by atoms with Crippen molar-refractivity contribution >= 4 is 5.65 Å². The van der Waals surface area contributed by atoms with Crippen LogP contribution in [0.1, 0.15) is 32.8 Å². The summed E-state index contributed by atoms with van der Waals surface area (Å²) in [6.45, 7) is 6.59. The lowest BCUT2D eigenvalue weighted by molar-refractivity contribution is 0.206. The van der Waals surface area contributed by atoms with E-state index in [1.165, 1.54) is 0 Å². The third-order valence-corrected chi connectivity index (χ3v) is 4.14. The summed E-state index contributed by atoms with van der Waals surface area (Å²) in [6, 6.07) is 9.66. The van der Waals surface area contributed by atoms with E-state index in [-0.39, 0.29) is 0 Å². The highest BCUT2D eigenvalue weighted by Gasteiger charge is 2.22. The number of hydrogen-bond acceptors (Lipinski definition) is 5. The van der Waals surface area contributed by atoms with Crippen LogP contribution in [0.15, 0.2) is 42.9 Å². The number of aromatic nitrogens is 3. The highest BCUT2D eigenvalue weighted by molar-refractivity contribution is 5.78. The molecule has 1 unspecified atom stereocenters. The minimum Gasteiger partial charge on any atom is -0.490 e. The maximum atomic E-state index is 9.54. The molecule has 1 aromatic carbocycles. The second-order valence-corrected chi connectivity index (χ2v) is 7.30. The first-order valence-corrected chi connectivity index (χ1v) is 8.64. The highest BCUT2D eigenvalue weighted by Crippen LogP contribution is 2.29. The third-order valence-electron chi connectivity index (χ3n) is 4.14. The summed E-state index contributed by atoms with van der Waals surface area (Å²) in [4.78, 5) is 4.34. The van der Waals surface area contributed by atoms with Gasteiger partial charge in [0.25, 0.3) is 0 Å². The normalized spacial score (nSPS) is 13.5. The fourth-order valence-corrected chi connectivity index (χ4v) is 3.21. The van der Waals surface area contributed by atoms with Crippen LogP contribution in [0.4, 0.5) is 0 Å². The number of benzene rings is 1. The Hall–Kier alpha value is -2.91. The molecule has 0 aliphatic rings. The van der Waals surface area contributed by atoms with Gasteiger partial charge in [0.15, 0.2) is 5.65 Å². The molecular weight excluding hydrogens is 326 g/mol. The molecule has 3 rings (SSSR count). The van der Waals surface area contributed by atoms with Crippen molar-refractivity contribution in [3.63, 3.8) is 0 Å². The van der Waals surface area contributed by atoms with Crippen molar-refractivity contribution < 1.29 is 4.74 Å². The van der Waals surface area contributed by atoms with Gasteiger partial charge in [0.1, 0.15) is 18.4 Å². The zero-order chi connectivity index (χ0) is 18.7. The van der Waals surface area contributed by atoms with Gasteiger partial charge in [-0.2, -0.15) is 10.4 Å². The molecule has 0 bridgehead atoms. The lowest BCUT2D eigenvalue weighted by Crippen LogP contribution is -2.43. The highest BCUT2D eigenvalue weighted by atomic mass is 16.5. The lowest BCUT2D eigenvalue weighted by Gasteiger charge is -2.26. The fourth-order valence-electron chi connectivity index (χ4n) is 3.21. The maximum Gasteiger partial charge on any atom is 0.161 e. The third kappa shape index (κ3) is 3.84. The van der Waals surface area contributed by atoms with E-state index in [4.69, 9.17) is 10.5 Å². The maximum absolute atomic E-state index is 9.54. The Balaban J connectivity index is 1.87. The molecule has 0 saturated heterocycles. The molecular formula is C20H23N5O. The summed E-state index contributed by atoms with van der Waals surface area (Å²) >= 11 is 0. The van der Waals surface area contributed by atoms with Gasteiger partial charge in [-0.05, 0) is 43.0 Å². The zero-order valence-electron chi connectivity index (χ0n) is 15.3. The summed E-state index contributed by atoms with van der Waals surface area (Å²) in [5.74, 6) is 1.03. The van der Waals surface area contributed by atoms with Gasteiger partial charge in [0.2, 0.25) is 0 Å². The van der Waals surface area contributed by atoms with Crippen molar-refractivity contribution in [1.82, 2.24) is 14.6 Å². The second-order valence-electron chi connectivity index (χ2n) is 7.30. The number of ether oxygens (including phenoxy) is 1. The van der Waals surface area contributed by atoms with E-state index in [0.29, 0.717) is 23.8 Å². The lowest BCUT2D eigenvalue weighted by atomic mass is 9.93. The molecule has 0 aliphatic carbocycles. The minimum atomic E-state index is -0.438. The van der Waals surface area contributed by atoms with Crippen LogP contribution in [0.3, 0.4) is 0 Å². The van der Waals surface area contributed by atoms with Gasteiger partial charge in [0, 0.05) is 29.7 Å². The topological polar surface area (TPSA) is 89.2 Å². The molecule has 1 atom stereocenters. The summed E-state index contributed by atoms with van der Waals surface area (Å²) in [6.07, 6.45) is 6.05. The van der Waals surface area contributed by atoms with E-state index in [0.717, 1.165) is 23.2 Å². The van der Waals surface area contributed by atoms with Gasteiger partial charge >= 0.3 is 0 Å². The predicted octanol–water partition coefficient (Wildman–Crippen LogP) is 3.41. The Kier molecular flexibility index (Phi) is 4.92. The fraction of sp³-hybridized carbons (Fsp3) is 0.350. The predicted molar refractivity (Wildman–Crippen MR) is 101 cm³/mol. The van der Waals surface area contributed by atoms with Gasteiger partial charge in [-0.1, -0.05) is 19.9 Å². The number of hydrogen-bond donors (Lipinski definition) is 1. The van der Waals surface area contributed by atoms with Crippen molar-refractivity contribution in [2.24, 2.45) is 11.7 Å². The van der Waals surface area contributed by atoms with Gasteiger partial charge < -0.3 is 10.5 Å². The molecule has 0 aliphatic heterocycles. The van der Waals surface area contributed by atoms with Crippen LogP contribution in [-0.4, -0.2) is 26.7 Å². The number of imidazole rings is 1. The van der Waals surface area contributed by atoms with E-state index in [2.05, 4.69) is 30.0 Å². The summed E-state index contributed by atoms with van der Waals surface area (Å²) < 4.78 is 7.58. The molecule has 0 saturated carbocycles. The first kappa shape index (κ1) is 17.9. The first-order chi connectivity index (χ1) is 12.4. The largest absolute Gasteiger partial charge is 0.490 e. The van der Waals surface area contributed by atoms with Gasteiger partial charge in [-0.15, -0.1) is 0 Å². The molecule has 3 aromatic rings. The Morgan fingerprint density at radius 2 is 2.12 bits per heavy atom. The molecule has 2 heterocycles. The number of fused-ring (bicyclic) bond motifs is 1. The quantitative estimate of drug-likeness (QED) is 0.736. The molecule has 6 nitrogen and oxygen atoms in total. The molecule has 6 heteroatoms. The van der Waals surface area contributed by atoms with Crippen molar-refractivity contribution in [2.45, 2.75) is 32.7 Å². The molecule has 134 valence electrons. The van der Waals surface area contributed by atoms with Crippen LogP contribution in [0.2, 0.25) is 0 Å². The SMILES string of the molecule is CC(C)CC(C)(N)COc1ccc(-c2ccnn3ccnc23)cc1C#N. The Morgan fingerprint density at radius 1 is 1.31 bits per heavy atom. The van der Waals surface area contributed by atoms with E-state index in [1.807, 2.05) is 31.2 Å². The molecule has 0 spiro atoms. The van der Waals surface area contributed by atoms with Crippen LogP contribution in [0, 0.1) is 17.2 Å². The molecule has 0 amide bonds. The summed E-state index contributed by atoms with van der Waals surface area (Å²) in [7, 11) is 0. The molecule has 2 N–H and O–H groups in total. The average Bonchev–Trinajstić information content (AvgIpc) is 3.07. The molecule has 26 heavy (non-hydrogen) atoms. The Bertz CT molecular complexity index is 952. The van der Waals surface area contributed by atoms with Crippen LogP contribution >= 0.6 is 0 Å². The minimum absolute atomic E-state index is 0.360. The molecule has 2 aromatic heterocycles. The van der Waals surface area contributed by atoms with Crippen molar-refractivity contribution in [1.29, 1.82) is 5.26 Å². The standard InChI is InChI=1S/C20H23N5O/c1-14(2)11-20(3,22)13-26-18-5-4-15(10-16(18)12-21)17-6-7-24-25-9-8-23-19(17)25/h4-10,14H,11,13,22H2,1-3H3. The van der Waals surface area contributed by atoms with Gasteiger partial charge in [0.05, 0.1) is 5.56 Å². The summed E-state index contributed by atoms with van der Waals surface area (Å²) in [5.41, 5.74) is 8.89. The van der Waals surface area contributed by atoms with E-state index in [9.17, 15) is 5.26 Å². The summed E-state index contributed by atoms with van der Waals surface area (Å²) in [5, 5.41) is 13.8. The zero-order valence-corrected chi connectivity index (χ0v) is 15.3. The van der Waals surface area contributed by atoms with Gasteiger partial charge in [-0.3, -0.25) is 0 Å². The van der Waals surface area contributed by atoms with E-state index < -0.39 is 5.54 Å². The van der Waals surface area contributed by atoms with Gasteiger partial charge in [-0.25, -0.2) is 9.50 Å². The molecule has 0 fully saturated rings. The van der Waals surface area contributed by atoms with Crippen molar-refractivity contribution in [3.05, 3.63) is 48.4 Å². The smallest absolute Gasteiger partial charge is 0.161 e. The number of nitrogens with zero attached hydrogens (tertiary/aromatic N) is 4. The van der Waals surface area contributed by atoms with E-state index >= 15 is 0 Å². The molecule has 0 radical (unpaired) electrons. The number of rotatable bonds is 6. The monoisotopic (exact) mass is 349 g/mol. The van der Waals surface area contributed by atoms with Crippen LogP contribution < -0.4 is 10.5 Å². The van der Waals surface area contributed by atoms with Crippen molar-refractivity contribution in [3.8, 4) is 22.9 Å². The van der Waals surface area contributed by atoms with E-state index in [1.54, 1.807) is 23.1 Å². The number of nitriles is 1. The number of nitrogens with two attached hydrogens (primary N) is 1. The average molecular weight is 349 g/mol. The van der Waals surface area contributed by atoms with Crippen LogP contribution in [0.5, 0.6) is 5.75 Å². The van der Waals surface area contributed by atoms with Crippen molar-refractivity contribution in [2.75, 3.05) is 6.61 Å². The Morgan fingerprint density at radius 3 is 2.85 bits per heavy atom.